The first-order valence-electron chi connectivity index (χ1n) is 7.33. The van der Waals surface area contributed by atoms with Crippen molar-refractivity contribution in [3.8, 4) is 17.4 Å². The number of ether oxygens (including phenoxy) is 2. The van der Waals surface area contributed by atoms with Gasteiger partial charge in [-0.15, -0.1) is 10.2 Å². The molecule has 8 heteroatoms. The minimum atomic E-state index is 0.513. The fraction of sp³-hybridized carbons (Fsp3) is 0.250. The first kappa shape index (κ1) is 15.7. The van der Waals surface area contributed by atoms with Gasteiger partial charge in [-0.2, -0.15) is 14.9 Å². The molecule has 0 aliphatic carbocycles. The van der Waals surface area contributed by atoms with Crippen molar-refractivity contribution < 1.29 is 9.47 Å². The Kier molecular flexibility index (Phi) is 4.28. The summed E-state index contributed by atoms with van der Waals surface area (Å²) in [6.07, 6.45) is 3.19. The van der Waals surface area contributed by atoms with Gasteiger partial charge in [-0.25, -0.2) is 4.68 Å². The van der Waals surface area contributed by atoms with Gasteiger partial charge in [-0.1, -0.05) is 6.07 Å². The van der Waals surface area contributed by atoms with Crippen molar-refractivity contribution in [2.24, 2.45) is 5.10 Å². The van der Waals surface area contributed by atoms with Crippen molar-refractivity contribution in [1.82, 2.24) is 24.7 Å². The number of para-hydroxylation sites is 1. The monoisotopic (exact) mass is 326 g/mol. The Hall–Kier alpha value is -3.16. The Bertz CT molecular complexity index is 881. The SMILES string of the molecule is COc1cccc(/C=N/n2cnnc2-n2nc(C)cc2C)c1OC. The van der Waals surface area contributed by atoms with Crippen molar-refractivity contribution in [3.05, 3.63) is 47.5 Å². The van der Waals surface area contributed by atoms with Crippen LogP contribution in [0.25, 0.3) is 5.95 Å². The zero-order chi connectivity index (χ0) is 17.1. The van der Waals surface area contributed by atoms with Crippen molar-refractivity contribution in [2.45, 2.75) is 13.8 Å². The standard InChI is InChI=1S/C16H18N6O2/c1-11-8-12(2)22(20-11)16-19-17-10-21(16)18-9-13-6-5-7-14(23-3)15(13)24-4/h5-10H,1-4H3/b18-9+. The molecule has 0 saturated heterocycles. The van der Waals surface area contributed by atoms with Crippen molar-refractivity contribution >= 4 is 6.21 Å². The van der Waals surface area contributed by atoms with E-state index in [-0.39, 0.29) is 0 Å². The number of hydrogen-bond donors (Lipinski definition) is 0. The van der Waals surface area contributed by atoms with Crippen LogP contribution in [0, 0.1) is 13.8 Å². The van der Waals surface area contributed by atoms with Crippen LogP contribution in [-0.4, -0.2) is 45.1 Å². The Morgan fingerprint density at radius 2 is 2.00 bits per heavy atom. The summed E-state index contributed by atoms with van der Waals surface area (Å²) in [7, 11) is 3.19. The van der Waals surface area contributed by atoms with E-state index < -0.39 is 0 Å². The maximum atomic E-state index is 5.40. The molecule has 3 rings (SSSR count). The quantitative estimate of drug-likeness (QED) is 0.670. The third-order valence-electron chi connectivity index (χ3n) is 3.47. The molecule has 0 bridgehead atoms. The highest BCUT2D eigenvalue weighted by Crippen LogP contribution is 2.29. The third kappa shape index (κ3) is 2.85. The van der Waals surface area contributed by atoms with Crippen LogP contribution in [-0.2, 0) is 0 Å². The zero-order valence-corrected chi connectivity index (χ0v) is 14.0. The first-order valence-corrected chi connectivity index (χ1v) is 7.33. The minimum absolute atomic E-state index is 0.513. The van der Waals surface area contributed by atoms with Gasteiger partial charge in [0, 0.05) is 11.3 Å². The van der Waals surface area contributed by atoms with Crippen LogP contribution >= 0.6 is 0 Å². The molecule has 0 N–H and O–H groups in total. The molecule has 0 atom stereocenters. The van der Waals surface area contributed by atoms with Gasteiger partial charge in [0.15, 0.2) is 11.5 Å². The second-order valence-corrected chi connectivity index (χ2v) is 5.14. The highest BCUT2D eigenvalue weighted by Gasteiger charge is 2.11. The zero-order valence-electron chi connectivity index (χ0n) is 14.0. The van der Waals surface area contributed by atoms with Crippen LogP contribution in [0.2, 0.25) is 0 Å². The summed E-state index contributed by atoms with van der Waals surface area (Å²) >= 11 is 0. The van der Waals surface area contributed by atoms with Gasteiger partial charge in [0.05, 0.1) is 26.1 Å². The molecular formula is C16H18N6O2. The molecule has 0 aliphatic heterocycles. The first-order chi connectivity index (χ1) is 11.6. The minimum Gasteiger partial charge on any atom is -0.493 e. The molecule has 3 aromatic rings. The fourth-order valence-electron chi connectivity index (χ4n) is 2.41. The molecule has 2 aromatic heterocycles. The molecule has 8 nitrogen and oxygen atoms in total. The van der Waals surface area contributed by atoms with E-state index >= 15 is 0 Å². The summed E-state index contributed by atoms with van der Waals surface area (Å²) in [6, 6.07) is 7.55. The molecule has 0 spiro atoms. The van der Waals surface area contributed by atoms with Crippen LogP contribution in [0.1, 0.15) is 17.0 Å². The lowest BCUT2D eigenvalue weighted by molar-refractivity contribution is 0.354. The van der Waals surface area contributed by atoms with Crippen molar-refractivity contribution in [1.29, 1.82) is 0 Å². The summed E-state index contributed by atoms with van der Waals surface area (Å²) < 4.78 is 13.9. The van der Waals surface area contributed by atoms with Gasteiger partial charge >= 0.3 is 0 Å². The number of benzene rings is 1. The molecular weight excluding hydrogens is 308 g/mol. The molecule has 0 fully saturated rings. The molecule has 0 unspecified atom stereocenters. The predicted molar refractivity (Wildman–Crippen MR) is 89.2 cm³/mol. The number of nitrogens with zero attached hydrogens (tertiary/aromatic N) is 6. The predicted octanol–water partition coefficient (Wildman–Crippen LogP) is 1.98. The molecule has 24 heavy (non-hydrogen) atoms. The fourth-order valence-corrected chi connectivity index (χ4v) is 2.41. The third-order valence-corrected chi connectivity index (χ3v) is 3.47. The van der Waals surface area contributed by atoms with Gasteiger partial charge in [0.2, 0.25) is 0 Å². The normalized spacial score (nSPS) is 11.2. The Morgan fingerprint density at radius 3 is 2.67 bits per heavy atom. The highest BCUT2D eigenvalue weighted by atomic mass is 16.5. The van der Waals surface area contributed by atoms with Gasteiger partial charge in [0.25, 0.3) is 5.95 Å². The number of aromatic nitrogens is 5. The summed E-state index contributed by atoms with van der Waals surface area (Å²) in [4.78, 5) is 0. The number of methoxy groups -OCH3 is 2. The largest absolute Gasteiger partial charge is 0.493 e. The van der Waals surface area contributed by atoms with Gasteiger partial charge in [0.1, 0.15) is 6.33 Å². The molecule has 0 aliphatic rings. The molecule has 0 saturated carbocycles. The van der Waals surface area contributed by atoms with E-state index in [9.17, 15) is 0 Å². The van der Waals surface area contributed by atoms with Crippen LogP contribution < -0.4 is 9.47 Å². The number of aryl methyl sites for hydroxylation is 2. The number of rotatable bonds is 5. The molecule has 0 radical (unpaired) electrons. The van der Waals surface area contributed by atoms with Crippen LogP contribution in [0.5, 0.6) is 11.5 Å². The van der Waals surface area contributed by atoms with E-state index in [1.807, 2.05) is 38.1 Å². The maximum Gasteiger partial charge on any atom is 0.273 e. The summed E-state index contributed by atoms with van der Waals surface area (Å²) in [6.45, 7) is 3.88. The smallest absolute Gasteiger partial charge is 0.273 e. The number of hydrogen-bond acceptors (Lipinski definition) is 6. The van der Waals surface area contributed by atoms with Crippen LogP contribution in [0.4, 0.5) is 0 Å². The second-order valence-electron chi connectivity index (χ2n) is 5.14. The molecule has 1 aromatic carbocycles. The lowest BCUT2D eigenvalue weighted by atomic mass is 10.2. The van der Waals surface area contributed by atoms with E-state index in [4.69, 9.17) is 9.47 Å². The van der Waals surface area contributed by atoms with Gasteiger partial charge < -0.3 is 9.47 Å². The average Bonchev–Trinajstić information content (AvgIpc) is 3.17. The molecule has 0 amide bonds. The lowest BCUT2D eigenvalue weighted by Crippen LogP contribution is -2.06. The summed E-state index contributed by atoms with van der Waals surface area (Å²) in [5.74, 6) is 1.77. The Balaban J connectivity index is 1.98. The second kappa shape index (κ2) is 6.53. The Labute approximate surface area is 139 Å². The van der Waals surface area contributed by atoms with E-state index in [2.05, 4.69) is 20.4 Å². The summed E-state index contributed by atoms with van der Waals surface area (Å²) in [5.41, 5.74) is 2.64. The maximum absolute atomic E-state index is 5.40. The van der Waals surface area contributed by atoms with E-state index in [0.717, 1.165) is 17.0 Å². The summed E-state index contributed by atoms with van der Waals surface area (Å²) in [5, 5.41) is 16.8. The van der Waals surface area contributed by atoms with E-state index in [1.165, 1.54) is 6.33 Å². The Morgan fingerprint density at radius 1 is 1.17 bits per heavy atom. The molecule has 2 heterocycles. The molecule has 124 valence electrons. The van der Waals surface area contributed by atoms with Crippen LogP contribution in [0.3, 0.4) is 0 Å². The van der Waals surface area contributed by atoms with E-state index in [0.29, 0.717) is 17.4 Å². The van der Waals surface area contributed by atoms with Gasteiger partial charge in [-0.05, 0) is 32.0 Å². The topological polar surface area (TPSA) is 79.4 Å². The van der Waals surface area contributed by atoms with Gasteiger partial charge in [-0.3, -0.25) is 0 Å². The van der Waals surface area contributed by atoms with Crippen molar-refractivity contribution in [2.75, 3.05) is 14.2 Å². The van der Waals surface area contributed by atoms with E-state index in [1.54, 1.807) is 29.8 Å². The van der Waals surface area contributed by atoms with Crippen LogP contribution in [0.15, 0.2) is 35.7 Å². The lowest BCUT2D eigenvalue weighted by Gasteiger charge is -2.09. The van der Waals surface area contributed by atoms with Crippen molar-refractivity contribution in [3.63, 3.8) is 0 Å². The average molecular weight is 326 g/mol. The highest BCUT2D eigenvalue weighted by molar-refractivity contribution is 5.85.